The molecule has 12 heavy (non-hydrogen) atoms. The fourth-order valence-corrected chi connectivity index (χ4v) is 0.428. The molecule has 0 fully saturated rings. The van der Waals surface area contributed by atoms with Gasteiger partial charge in [0.05, 0.1) is 0 Å². The van der Waals surface area contributed by atoms with Crippen LogP contribution in [0.3, 0.4) is 0 Å². The molecule has 0 radical (unpaired) electrons. The Morgan fingerprint density at radius 2 is 1.42 bits per heavy atom. The van der Waals surface area contributed by atoms with Crippen LogP contribution in [0.1, 0.15) is 0 Å². The van der Waals surface area contributed by atoms with Gasteiger partial charge in [-0.3, -0.25) is 0 Å². The van der Waals surface area contributed by atoms with Crippen LogP contribution in [0.4, 0.5) is 0 Å². The predicted molar refractivity (Wildman–Crippen MR) is 47.9 cm³/mol. The molecule has 0 amide bonds. The maximum atomic E-state index is 8.63. The Labute approximate surface area is 81.3 Å². The molecule has 0 aromatic heterocycles. The molecule has 0 saturated heterocycles. The van der Waals surface area contributed by atoms with Crippen LogP contribution in [0.25, 0.3) is 0 Å². The maximum absolute atomic E-state index is 8.63. The van der Waals surface area contributed by atoms with Crippen LogP contribution in [0, 0.1) is 22.7 Å². The van der Waals surface area contributed by atoms with Gasteiger partial charge < -0.3 is 5.11 Å². The van der Waals surface area contributed by atoms with Crippen molar-refractivity contribution >= 4 is 17.1 Å². The molecule has 1 N–H and O–H groups in total. The monoisotopic (exact) mass is 228 g/mol. The van der Waals surface area contributed by atoms with Crippen LogP contribution < -0.4 is 0 Å². The van der Waals surface area contributed by atoms with E-state index < -0.39 is 0 Å². The molecule has 0 saturated carbocycles. The predicted octanol–water partition coefficient (Wildman–Crippen LogP) is 0.510. The standard InChI is InChI=1S/C6H6O.C2N2.H2Se/c7-6-4-2-1-3-5-6;3-1-2-4;/h1-5,7H;;1H2. The summed E-state index contributed by atoms with van der Waals surface area (Å²) in [6.45, 7) is 0. The summed E-state index contributed by atoms with van der Waals surface area (Å²) in [4.78, 5) is 0. The van der Waals surface area contributed by atoms with E-state index in [2.05, 4.69) is 0 Å². The summed E-state index contributed by atoms with van der Waals surface area (Å²) in [5, 5.41) is 23.2. The van der Waals surface area contributed by atoms with Gasteiger partial charge in [-0.25, -0.2) is 0 Å². The van der Waals surface area contributed by atoms with Crippen LogP contribution in [-0.4, -0.2) is 22.2 Å². The molecular weight excluding hydrogens is 219 g/mol. The summed E-state index contributed by atoms with van der Waals surface area (Å²) >= 11 is 0. The van der Waals surface area contributed by atoms with E-state index in [1.807, 2.05) is 6.07 Å². The molecule has 0 unspecified atom stereocenters. The van der Waals surface area contributed by atoms with Crippen LogP contribution >= 0.6 is 0 Å². The van der Waals surface area contributed by atoms with Gasteiger partial charge in [0.1, 0.15) is 5.75 Å². The average molecular weight is 227 g/mol. The quantitative estimate of drug-likeness (QED) is 0.656. The zero-order chi connectivity index (χ0) is 8.53. The summed E-state index contributed by atoms with van der Waals surface area (Å²) in [6, 6.07) is 11.2. The molecule has 1 rings (SSSR count). The number of hydrogen-bond donors (Lipinski definition) is 1. The van der Waals surface area contributed by atoms with Crippen LogP contribution in [0.15, 0.2) is 30.3 Å². The number of hydrogen-bond acceptors (Lipinski definition) is 3. The first-order valence-corrected chi connectivity index (χ1v) is 2.83. The van der Waals surface area contributed by atoms with E-state index in [4.69, 9.17) is 15.6 Å². The summed E-state index contributed by atoms with van der Waals surface area (Å²) in [7, 11) is 0. The molecule has 4 heteroatoms. The van der Waals surface area contributed by atoms with Crippen molar-refractivity contribution in [2.75, 3.05) is 0 Å². The molecule has 0 aliphatic carbocycles. The first-order valence-electron chi connectivity index (χ1n) is 2.83. The molecular formula is C8H8N2OSe. The molecule has 0 aliphatic rings. The van der Waals surface area contributed by atoms with Crippen LogP contribution in [-0.2, 0) is 0 Å². The summed E-state index contributed by atoms with van der Waals surface area (Å²) in [5.41, 5.74) is 0. The van der Waals surface area contributed by atoms with Crippen molar-refractivity contribution in [2.24, 2.45) is 0 Å². The van der Waals surface area contributed by atoms with E-state index in [-0.39, 0.29) is 17.1 Å². The number of benzene rings is 1. The first-order chi connectivity index (χ1) is 5.31. The summed E-state index contributed by atoms with van der Waals surface area (Å²) < 4.78 is 0. The second-order valence-electron chi connectivity index (χ2n) is 1.56. The molecule has 1 aromatic rings. The van der Waals surface area contributed by atoms with E-state index >= 15 is 0 Å². The van der Waals surface area contributed by atoms with Gasteiger partial charge in [0.15, 0.2) is 12.1 Å². The molecule has 0 bridgehead atoms. The van der Waals surface area contributed by atoms with Crippen molar-refractivity contribution in [2.45, 2.75) is 0 Å². The third kappa shape index (κ3) is 8.52. The number of aromatic hydroxyl groups is 1. The van der Waals surface area contributed by atoms with Crippen molar-refractivity contribution in [3.8, 4) is 17.9 Å². The van der Waals surface area contributed by atoms with Gasteiger partial charge in [0.2, 0.25) is 0 Å². The van der Waals surface area contributed by atoms with Gasteiger partial charge in [0.25, 0.3) is 0 Å². The van der Waals surface area contributed by atoms with Gasteiger partial charge in [0, 0.05) is 0 Å². The third-order valence-electron chi connectivity index (χ3n) is 0.806. The van der Waals surface area contributed by atoms with Crippen LogP contribution in [0.2, 0.25) is 0 Å². The molecule has 0 spiro atoms. The second-order valence-corrected chi connectivity index (χ2v) is 1.56. The van der Waals surface area contributed by atoms with Gasteiger partial charge in [-0.05, 0) is 12.1 Å². The normalized spacial score (nSPS) is 5.83. The van der Waals surface area contributed by atoms with E-state index in [9.17, 15) is 0 Å². The molecule has 1 aromatic carbocycles. The minimum atomic E-state index is 0. The Morgan fingerprint density at radius 1 is 1.00 bits per heavy atom. The third-order valence-corrected chi connectivity index (χ3v) is 0.806. The fraction of sp³-hybridized carbons (Fsp3) is 0. The zero-order valence-electron chi connectivity index (χ0n) is 6.23. The zero-order valence-corrected chi connectivity index (χ0v) is 8.33. The Bertz CT molecular complexity index is 261. The minimum absolute atomic E-state index is 0. The van der Waals surface area contributed by atoms with Crippen molar-refractivity contribution in [1.29, 1.82) is 10.5 Å². The Hall–Kier alpha value is -1.48. The summed E-state index contributed by atoms with van der Waals surface area (Å²) in [6.07, 6.45) is 0. The van der Waals surface area contributed by atoms with Crippen molar-refractivity contribution < 1.29 is 5.11 Å². The number of nitrogens with zero attached hydrogens (tertiary/aromatic N) is 2. The van der Waals surface area contributed by atoms with Gasteiger partial charge in [-0.15, -0.1) is 0 Å². The Morgan fingerprint density at radius 3 is 1.58 bits per heavy atom. The number of para-hydroxylation sites is 1. The number of phenols is 1. The Balaban J connectivity index is 0. The molecule has 62 valence electrons. The van der Waals surface area contributed by atoms with Crippen molar-refractivity contribution in [3.05, 3.63) is 30.3 Å². The molecule has 0 heterocycles. The van der Waals surface area contributed by atoms with E-state index in [1.165, 1.54) is 12.1 Å². The SMILES string of the molecule is N#CC#N.Oc1ccccc1.[SeH2]. The van der Waals surface area contributed by atoms with Gasteiger partial charge in [-0.2, -0.15) is 10.5 Å². The first kappa shape index (κ1) is 13.1. The van der Waals surface area contributed by atoms with E-state index in [1.54, 1.807) is 24.3 Å². The Kier molecular flexibility index (Phi) is 10.4. The number of rotatable bonds is 0. The fourth-order valence-electron chi connectivity index (χ4n) is 0.428. The molecule has 0 aliphatic heterocycles. The van der Waals surface area contributed by atoms with Gasteiger partial charge in [-0.1, -0.05) is 18.2 Å². The van der Waals surface area contributed by atoms with Crippen molar-refractivity contribution in [1.82, 2.24) is 0 Å². The average Bonchev–Trinajstić information content (AvgIpc) is 2.07. The van der Waals surface area contributed by atoms with E-state index in [0.717, 1.165) is 0 Å². The van der Waals surface area contributed by atoms with Crippen molar-refractivity contribution in [3.63, 3.8) is 0 Å². The van der Waals surface area contributed by atoms with E-state index in [0.29, 0.717) is 5.75 Å². The van der Waals surface area contributed by atoms with Gasteiger partial charge >= 0.3 is 17.1 Å². The van der Waals surface area contributed by atoms with Crippen LogP contribution in [0.5, 0.6) is 5.75 Å². The topological polar surface area (TPSA) is 67.8 Å². The molecule has 3 nitrogen and oxygen atoms in total. The number of phenolic OH excluding ortho intramolecular Hbond substituents is 1. The molecule has 0 atom stereocenters. The number of nitriles is 2. The second kappa shape index (κ2) is 9.52. The summed E-state index contributed by atoms with van der Waals surface area (Å²) in [5.74, 6) is 0.322.